The van der Waals surface area contributed by atoms with Crippen LogP contribution in [0.1, 0.15) is 25.0 Å². The van der Waals surface area contributed by atoms with Crippen LogP contribution in [0, 0.1) is 6.92 Å². The van der Waals surface area contributed by atoms with Gasteiger partial charge < -0.3 is 15.0 Å². The van der Waals surface area contributed by atoms with Gasteiger partial charge in [0.1, 0.15) is 18.3 Å². The number of hydrogen-bond acceptors (Lipinski definition) is 5. The van der Waals surface area contributed by atoms with Crippen molar-refractivity contribution in [3.05, 3.63) is 86.8 Å². The Labute approximate surface area is 246 Å². The number of sulfonamides is 1. The number of hydrogen-bond donors (Lipinski definition) is 1. The van der Waals surface area contributed by atoms with Crippen molar-refractivity contribution in [1.29, 1.82) is 0 Å². The third kappa shape index (κ3) is 7.61. The van der Waals surface area contributed by atoms with Gasteiger partial charge in [0.05, 0.1) is 22.2 Å². The molecule has 0 heterocycles. The Morgan fingerprint density at radius 3 is 2.31 bits per heavy atom. The van der Waals surface area contributed by atoms with E-state index >= 15 is 0 Å². The molecule has 0 saturated heterocycles. The van der Waals surface area contributed by atoms with Gasteiger partial charge in [-0.2, -0.15) is 0 Å². The Bertz CT molecular complexity index is 1430. The lowest BCUT2D eigenvalue weighted by Crippen LogP contribution is -2.51. The molecule has 8 nitrogen and oxygen atoms in total. The Balaban J connectivity index is 2.05. The highest BCUT2D eigenvalue weighted by Gasteiger charge is 2.32. The second kappa shape index (κ2) is 13.5. The summed E-state index contributed by atoms with van der Waals surface area (Å²) < 4.78 is 35.5. The number of carbonyl (C=O) groups excluding carboxylic acids is 2. The number of ether oxygens (including phenoxy) is 1. The molecule has 0 saturated carbocycles. The molecule has 0 aliphatic carbocycles. The number of halogens is 2. The van der Waals surface area contributed by atoms with Crippen LogP contribution in [0.2, 0.25) is 0 Å². The molecule has 1 atom stereocenters. The van der Waals surface area contributed by atoms with E-state index in [2.05, 4.69) is 37.2 Å². The van der Waals surface area contributed by atoms with Gasteiger partial charge in [-0.15, -0.1) is 0 Å². The number of rotatable bonds is 11. The summed E-state index contributed by atoms with van der Waals surface area (Å²) in [6.45, 7) is 5.33. The first-order valence-electron chi connectivity index (χ1n) is 12.2. The Morgan fingerprint density at radius 1 is 1.03 bits per heavy atom. The standard InChI is InChI=1S/C28H31Br2N3O5S/c1-5-31-28(35)20(3)32(17-21-7-6-8-22(29)15-21)27(34)18-33(23-11-9-19(2)10-12-23)39(36,37)24-13-14-26(38-4)25(30)16-24/h6-16,20H,5,17-18H2,1-4H3,(H,31,35)/t20-/m1/s1. The molecule has 11 heteroatoms. The van der Waals surface area contributed by atoms with Crippen molar-refractivity contribution in [3.63, 3.8) is 0 Å². The van der Waals surface area contributed by atoms with E-state index in [0.29, 0.717) is 22.5 Å². The first-order chi connectivity index (χ1) is 18.5. The van der Waals surface area contributed by atoms with Crippen LogP contribution >= 0.6 is 31.9 Å². The van der Waals surface area contributed by atoms with Gasteiger partial charge in [-0.05, 0) is 84.7 Å². The maximum absolute atomic E-state index is 13.9. The molecule has 0 aliphatic heterocycles. The average Bonchev–Trinajstić information content (AvgIpc) is 2.90. The number of carbonyl (C=O) groups is 2. The molecule has 0 radical (unpaired) electrons. The summed E-state index contributed by atoms with van der Waals surface area (Å²) >= 11 is 6.79. The van der Waals surface area contributed by atoms with Crippen LogP contribution in [0.4, 0.5) is 5.69 Å². The zero-order valence-corrected chi connectivity index (χ0v) is 26.1. The molecule has 0 bridgehead atoms. The van der Waals surface area contributed by atoms with Gasteiger partial charge in [-0.3, -0.25) is 13.9 Å². The molecular weight excluding hydrogens is 650 g/mol. The third-order valence-electron chi connectivity index (χ3n) is 6.07. The molecule has 1 N–H and O–H groups in total. The highest BCUT2D eigenvalue weighted by atomic mass is 79.9. The number of amides is 2. The summed E-state index contributed by atoms with van der Waals surface area (Å²) in [4.78, 5) is 28.1. The van der Waals surface area contributed by atoms with E-state index in [1.807, 2.05) is 31.2 Å². The van der Waals surface area contributed by atoms with E-state index in [9.17, 15) is 18.0 Å². The average molecular weight is 681 g/mol. The van der Waals surface area contributed by atoms with Gasteiger partial charge in [0, 0.05) is 17.6 Å². The van der Waals surface area contributed by atoms with Crippen molar-refractivity contribution in [2.24, 2.45) is 0 Å². The van der Waals surface area contributed by atoms with E-state index in [1.165, 1.54) is 24.1 Å². The number of nitrogens with zero attached hydrogens (tertiary/aromatic N) is 2. The summed E-state index contributed by atoms with van der Waals surface area (Å²) in [5, 5.41) is 2.75. The summed E-state index contributed by atoms with van der Waals surface area (Å²) in [5.74, 6) is -0.377. The molecule has 0 spiro atoms. The van der Waals surface area contributed by atoms with Crippen LogP contribution in [0.15, 0.2) is 80.6 Å². The van der Waals surface area contributed by atoms with Crippen molar-refractivity contribution in [1.82, 2.24) is 10.2 Å². The van der Waals surface area contributed by atoms with Crippen molar-refractivity contribution in [3.8, 4) is 5.75 Å². The van der Waals surface area contributed by atoms with E-state index in [4.69, 9.17) is 4.74 Å². The number of anilines is 1. The van der Waals surface area contributed by atoms with Crippen molar-refractivity contribution in [2.75, 3.05) is 24.5 Å². The minimum absolute atomic E-state index is 0.0149. The fraction of sp³-hybridized carbons (Fsp3) is 0.286. The number of nitrogens with one attached hydrogen (secondary N) is 1. The van der Waals surface area contributed by atoms with Crippen LogP contribution in [-0.4, -0.2) is 51.4 Å². The first kappa shape index (κ1) is 30.6. The van der Waals surface area contributed by atoms with Crippen molar-refractivity contribution < 1.29 is 22.7 Å². The highest BCUT2D eigenvalue weighted by molar-refractivity contribution is 9.10. The minimum Gasteiger partial charge on any atom is -0.496 e. The van der Waals surface area contributed by atoms with Crippen LogP contribution in [0.5, 0.6) is 5.75 Å². The van der Waals surface area contributed by atoms with E-state index in [1.54, 1.807) is 44.2 Å². The highest BCUT2D eigenvalue weighted by Crippen LogP contribution is 2.31. The molecule has 2 amide bonds. The molecule has 39 heavy (non-hydrogen) atoms. The van der Waals surface area contributed by atoms with Gasteiger partial charge >= 0.3 is 0 Å². The van der Waals surface area contributed by atoms with Gasteiger partial charge in [-0.25, -0.2) is 8.42 Å². The predicted molar refractivity (Wildman–Crippen MR) is 159 cm³/mol. The van der Waals surface area contributed by atoms with Crippen molar-refractivity contribution >= 4 is 59.4 Å². The fourth-order valence-electron chi connectivity index (χ4n) is 3.91. The second-order valence-corrected chi connectivity index (χ2v) is 12.5. The lowest BCUT2D eigenvalue weighted by Gasteiger charge is -2.32. The van der Waals surface area contributed by atoms with Crippen LogP contribution in [0.25, 0.3) is 0 Å². The second-order valence-electron chi connectivity index (χ2n) is 8.87. The maximum atomic E-state index is 13.9. The van der Waals surface area contributed by atoms with Gasteiger partial charge in [0.15, 0.2) is 0 Å². The number of methoxy groups -OCH3 is 1. The normalized spacial score (nSPS) is 11.9. The minimum atomic E-state index is -4.19. The Hall–Kier alpha value is -2.89. The fourth-order valence-corrected chi connectivity index (χ4v) is 6.49. The third-order valence-corrected chi connectivity index (χ3v) is 8.96. The predicted octanol–water partition coefficient (Wildman–Crippen LogP) is 5.28. The summed E-state index contributed by atoms with van der Waals surface area (Å²) in [7, 11) is -2.70. The smallest absolute Gasteiger partial charge is 0.264 e. The number of benzene rings is 3. The number of aryl methyl sites for hydroxylation is 1. The molecule has 3 rings (SSSR count). The van der Waals surface area contributed by atoms with E-state index in [0.717, 1.165) is 19.9 Å². The molecule has 0 aromatic heterocycles. The monoisotopic (exact) mass is 679 g/mol. The van der Waals surface area contributed by atoms with Crippen molar-refractivity contribution in [2.45, 2.75) is 38.3 Å². The van der Waals surface area contributed by atoms with Crippen LogP contribution < -0.4 is 14.4 Å². The summed E-state index contributed by atoms with van der Waals surface area (Å²) in [6.07, 6.45) is 0. The molecule has 0 fully saturated rings. The Kier molecular flexibility index (Phi) is 10.6. The molecule has 0 aliphatic rings. The van der Waals surface area contributed by atoms with E-state index in [-0.39, 0.29) is 17.3 Å². The topological polar surface area (TPSA) is 96.0 Å². The Morgan fingerprint density at radius 2 is 1.72 bits per heavy atom. The van der Waals surface area contributed by atoms with E-state index < -0.39 is 28.5 Å². The zero-order chi connectivity index (χ0) is 28.7. The number of likely N-dealkylation sites (N-methyl/N-ethyl adjacent to an activating group) is 1. The molecule has 208 valence electrons. The molecule has 3 aromatic carbocycles. The van der Waals surface area contributed by atoms with Gasteiger partial charge in [0.25, 0.3) is 10.0 Å². The molecular formula is C28H31Br2N3O5S. The summed E-state index contributed by atoms with van der Waals surface area (Å²) in [6, 6.07) is 17.9. The van der Waals surface area contributed by atoms with Crippen LogP contribution in [-0.2, 0) is 26.2 Å². The lowest BCUT2D eigenvalue weighted by molar-refractivity contribution is -0.139. The summed E-state index contributed by atoms with van der Waals surface area (Å²) in [5.41, 5.74) is 2.06. The first-order valence-corrected chi connectivity index (χ1v) is 15.2. The SMILES string of the molecule is CCNC(=O)[C@@H](C)N(Cc1cccc(Br)c1)C(=O)CN(c1ccc(C)cc1)S(=O)(=O)c1ccc(OC)c(Br)c1. The molecule has 3 aromatic rings. The van der Waals surface area contributed by atoms with Crippen LogP contribution in [0.3, 0.4) is 0 Å². The molecule has 0 unspecified atom stereocenters. The quantitative estimate of drug-likeness (QED) is 0.298. The van der Waals surface area contributed by atoms with Gasteiger partial charge in [0.2, 0.25) is 11.8 Å². The largest absolute Gasteiger partial charge is 0.496 e. The van der Waals surface area contributed by atoms with Gasteiger partial charge in [-0.1, -0.05) is 45.8 Å². The maximum Gasteiger partial charge on any atom is 0.264 e. The lowest BCUT2D eigenvalue weighted by atomic mass is 10.1. The zero-order valence-electron chi connectivity index (χ0n) is 22.1.